The van der Waals surface area contributed by atoms with Crippen molar-refractivity contribution in [1.29, 1.82) is 0 Å². The molecule has 0 aliphatic carbocycles. The number of benzene rings is 1. The number of carbonyl (C=O) groups is 3. The Morgan fingerprint density at radius 2 is 1.74 bits per heavy atom. The van der Waals surface area contributed by atoms with Crippen LogP contribution in [0.4, 0.5) is 4.79 Å². The van der Waals surface area contributed by atoms with Gasteiger partial charge in [-0.2, -0.15) is 0 Å². The fourth-order valence-electron chi connectivity index (χ4n) is 3.10. The van der Waals surface area contributed by atoms with Gasteiger partial charge in [-0.1, -0.05) is 30.3 Å². The van der Waals surface area contributed by atoms with Gasteiger partial charge in [-0.05, 0) is 39.7 Å². The molecule has 27 heavy (non-hydrogen) atoms. The second-order valence-electron chi connectivity index (χ2n) is 7.99. The van der Waals surface area contributed by atoms with Crippen LogP contribution in [0.15, 0.2) is 30.3 Å². The van der Waals surface area contributed by atoms with Crippen molar-refractivity contribution in [2.75, 3.05) is 13.1 Å². The van der Waals surface area contributed by atoms with E-state index in [9.17, 15) is 19.5 Å². The maximum atomic E-state index is 12.7. The molecular formula is C20H28N2O5. The van der Waals surface area contributed by atoms with Crippen LogP contribution >= 0.6 is 0 Å². The van der Waals surface area contributed by atoms with Crippen LogP contribution in [0.1, 0.15) is 45.7 Å². The van der Waals surface area contributed by atoms with Gasteiger partial charge in [0.15, 0.2) is 0 Å². The van der Waals surface area contributed by atoms with Crippen LogP contribution in [0.2, 0.25) is 0 Å². The summed E-state index contributed by atoms with van der Waals surface area (Å²) >= 11 is 0. The summed E-state index contributed by atoms with van der Waals surface area (Å²) < 4.78 is 5.35. The van der Waals surface area contributed by atoms with Crippen LogP contribution in [0.3, 0.4) is 0 Å². The quantitative estimate of drug-likeness (QED) is 0.842. The zero-order valence-electron chi connectivity index (χ0n) is 16.3. The van der Waals surface area contributed by atoms with E-state index in [1.807, 2.05) is 37.3 Å². The first-order valence-corrected chi connectivity index (χ1v) is 9.13. The lowest BCUT2D eigenvalue weighted by Crippen LogP contribution is -2.51. The lowest BCUT2D eigenvalue weighted by Gasteiger charge is -2.36. The highest BCUT2D eigenvalue weighted by Gasteiger charge is 2.38. The number of carboxylic acid groups (broad SMARTS) is 1. The SMILES string of the molecule is C[C@@H](NC(=O)[C@H]1C[C@@H](C(=O)O)CN(C(=O)OC(C)(C)C)C1)c1ccccc1. The number of amides is 2. The standard InChI is InChI=1S/C20H28N2O5/c1-13(14-8-6-5-7-9-14)21-17(23)15-10-16(18(24)25)12-22(11-15)19(26)27-20(2,3)4/h5-9,13,15-16H,10-12H2,1-4H3,(H,21,23)(H,24,25)/t13-,15+,16-/m1/s1. The van der Waals surface area contributed by atoms with E-state index in [0.29, 0.717) is 0 Å². The molecule has 1 saturated heterocycles. The average molecular weight is 376 g/mol. The molecule has 2 N–H and O–H groups in total. The minimum absolute atomic E-state index is 0.0439. The third-order valence-corrected chi connectivity index (χ3v) is 4.48. The van der Waals surface area contributed by atoms with Crippen LogP contribution < -0.4 is 5.32 Å². The Morgan fingerprint density at radius 3 is 2.30 bits per heavy atom. The monoisotopic (exact) mass is 376 g/mol. The number of likely N-dealkylation sites (tertiary alicyclic amines) is 1. The number of hydrogen-bond acceptors (Lipinski definition) is 4. The third kappa shape index (κ3) is 5.98. The molecule has 7 heteroatoms. The zero-order chi connectivity index (χ0) is 20.2. The smallest absolute Gasteiger partial charge is 0.410 e. The van der Waals surface area contributed by atoms with E-state index in [-0.39, 0.29) is 31.5 Å². The first-order chi connectivity index (χ1) is 12.6. The Morgan fingerprint density at radius 1 is 1.15 bits per heavy atom. The summed E-state index contributed by atoms with van der Waals surface area (Å²) in [5.41, 5.74) is 0.271. The molecule has 0 aromatic heterocycles. The first-order valence-electron chi connectivity index (χ1n) is 9.13. The number of piperidine rings is 1. The van der Waals surface area contributed by atoms with Gasteiger partial charge in [0.25, 0.3) is 0 Å². The van der Waals surface area contributed by atoms with E-state index < -0.39 is 29.5 Å². The summed E-state index contributed by atoms with van der Waals surface area (Å²) in [7, 11) is 0. The van der Waals surface area contributed by atoms with Crippen molar-refractivity contribution in [2.24, 2.45) is 11.8 Å². The third-order valence-electron chi connectivity index (χ3n) is 4.48. The number of ether oxygens (including phenoxy) is 1. The molecule has 2 amide bonds. The van der Waals surface area contributed by atoms with Gasteiger partial charge in [-0.15, -0.1) is 0 Å². The molecule has 3 atom stereocenters. The van der Waals surface area contributed by atoms with E-state index in [2.05, 4.69) is 5.32 Å². The molecule has 2 rings (SSSR count). The van der Waals surface area contributed by atoms with E-state index in [1.165, 1.54) is 4.90 Å². The van der Waals surface area contributed by atoms with Crippen molar-refractivity contribution in [1.82, 2.24) is 10.2 Å². The van der Waals surface area contributed by atoms with Gasteiger partial charge in [0.1, 0.15) is 5.60 Å². The Bertz CT molecular complexity index is 683. The number of rotatable bonds is 4. The van der Waals surface area contributed by atoms with Crippen molar-refractivity contribution in [3.63, 3.8) is 0 Å². The van der Waals surface area contributed by atoms with Gasteiger partial charge in [0.05, 0.1) is 17.9 Å². The van der Waals surface area contributed by atoms with Crippen LogP contribution in [-0.4, -0.2) is 46.7 Å². The number of aliphatic carboxylic acids is 1. The van der Waals surface area contributed by atoms with Gasteiger partial charge in [-0.3, -0.25) is 9.59 Å². The molecule has 7 nitrogen and oxygen atoms in total. The number of carbonyl (C=O) groups excluding carboxylic acids is 2. The summed E-state index contributed by atoms with van der Waals surface area (Å²) in [5.74, 6) is -2.67. The molecule has 1 aromatic rings. The summed E-state index contributed by atoms with van der Waals surface area (Å²) in [6.07, 6.45) is -0.399. The number of nitrogens with zero attached hydrogens (tertiary/aromatic N) is 1. The average Bonchev–Trinajstić information content (AvgIpc) is 2.60. The normalized spacial score (nSPS) is 21.3. The fourth-order valence-corrected chi connectivity index (χ4v) is 3.10. The first kappa shape index (κ1) is 20.7. The second kappa shape index (κ2) is 8.41. The highest BCUT2D eigenvalue weighted by molar-refractivity contribution is 5.82. The predicted octanol–water partition coefficient (Wildman–Crippen LogP) is 2.82. The molecule has 0 unspecified atom stereocenters. The van der Waals surface area contributed by atoms with Gasteiger partial charge in [0.2, 0.25) is 5.91 Å². The van der Waals surface area contributed by atoms with E-state index in [0.717, 1.165) is 5.56 Å². The molecule has 0 radical (unpaired) electrons. The molecule has 148 valence electrons. The molecule has 1 aliphatic heterocycles. The molecular weight excluding hydrogens is 348 g/mol. The summed E-state index contributed by atoms with van der Waals surface area (Å²) in [4.78, 5) is 37.9. The number of carboxylic acids is 1. The highest BCUT2D eigenvalue weighted by Crippen LogP contribution is 2.25. The lowest BCUT2D eigenvalue weighted by molar-refractivity contribution is -0.145. The van der Waals surface area contributed by atoms with Crippen LogP contribution in [-0.2, 0) is 14.3 Å². The van der Waals surface area contributed by atoms with Crippen molar-refractivity contribution in [3.05, 3.63) is 35.9 Å². The molecule has 0 saturated carbocycles. The topological polar surface area (TPSA) is 95.9 Å². The maximum Gasteiger partial charge on any atom is 0.410 e. The van der Waals surface area contributed by atoms with Crippen molar-refractivity contribution < 1.29 is 24.2 Å². The Kier molecular flexibility index (Phi) is 6.46. The van der Waals surface area contributed by atoms with Crippen LogP contribution in [0.5, 0.6) is 0 Å². The second-order valence-corrected chi connectivity index (χ2v) is 7.99. The van der Waals surface area contributed by atoms with E-state index >= 15 is 0 Å². The van der Waals surface area contributed by atoms with Crippen LogP contribution in [0.25, 0.3) is 0 Å². The zero-order valence-corrected chi connectivity index (χ0v) is 16.3. The van der Waals surface area contributed by atoms with Gasteiger partial charge < -0.3 is 20.1 Å². The number of hydrogen-bond donors (Lipinski definition) is 2. The van der Waals surface area contributed by atoms with Gasteiger partial charge in [0, 0.05) is 13.1 Å². The van der Waals surface area contributed by atoms with Gasteiger partial charge >= 0.3 is 12.1 Å². The maximum absolute atomic E-state index is 12.7. The Labute approximate surface area is 159 Å². The summed E-state index contributed by atoms with van der Waals surface area (Å²) in [6.45, 7) is 7.30. The molecule has 0 bridgehead atoms. The van der Waals surface area contributed by atoms with Gasteiger partial charge in [-0.25, -0.2) is 4.79 Å². The lowest BCUT2D eigenvalue weighted by atomic mass is 9.88. The van der Waals surface area contributed by atoms with Crippen molar-refractivity contribution >= 4 is 18.0 Å². The minimum atomic E-state index is -1.02. The van der Waals surface area contributed by atoms with E-state index in [1.54, 1.807) is 20.8 Å². The summed E-state index contributed by atoms with van der Waals surface area (Å²) in [6, 6.07) is 9.30. The minimum Gasteiger partial charge on any atom is -0.481 e. The van der Waals surface area contributed by atoms with Crippen molar-refractivity contribution in [2.45, 2.75) is 45.8 Å². The highest BCUT2D eigenvalue weighted by atomic mass is 16.6. The van der Waals surface area contributed by atoms with Crippen LogP contribution in [0, 0.1) is 11.8 Å². The molecule has 1 fully saturated rings. The molecule has 1 aliphatic rings. The number of nitrogens with one attached hydrogen (secondary N) is 1. The Hall–Kier alpha value is -2.57. The van der Waals surface area contributed by atoms with E-state index in [4.69, 9.17) is 4.74 Å². The molecule has 1 aromatic carbocycles. The molecule has 0 spiro atoms. The predicted molar refractivity (Wildman–Crippen MR) is 100 cm³/mol. The Balaban J connectivity index is 2.08. The summed E-state index contributed by atoms with van der Waals surface area (Å²) in [5, 5.41) is 12.3. The van der Waals surface area contributed by atoms with Crippen molar-refractivity contribution in [3.8, 4) is 0 Å². The fraction of sp³-hybridized carbons (Fsp3) is 0.550. The molecule has 1 heterocycles. The largest absolute Gasteiger partial charge is 0.481 e.